The van der Waals surface area contributed by atoms with E-state index in [1.165, 1.54) is 12.1 Å². The minimum absolute atomic E-state index is 0.0288. The summed E-state index contributed by atoms with van der Waals surface area (Å²) in [5.74, 6) is -1.25. The van der Waals surface area contributed by atoms with Crippen molar-refractivity contribution in [1.82, 2.24) is 0 Å². The smallest absolute Gasteiger partial charge is 0.256 e. The van der Waals surface area contributed by atoms with Crippen molar-refractivity contribution in [3.8, 4) is 5.75 Å². The topological polar surface area (TPSA) is 83.5 Å². The lowest BCUT2D eigenvalue weighted by Crippen LogP contribution is -2.25. The van der Waals surface area contributed by atoms with Gasteiger partial charge >= 0.3 is 0 Å². The van der Waals surface area contributed by atoms with Crippen LogP contribution in [-0.4, -0.2) is 22.6 Å². The van der Waals surface area contributed by atoms with Crippen LogP contribution in [0.25, 0.3) is 0 Å². The van der Waals surface area contributed by atoms with E-state index >= 15 is 0 Å². The molecule has 3 aromatic carbocycles. The first-order valence-electron chi connectivity index (χ1n) is 10.9. The van der Waals surface area contributed by atoms with Crippen molar-refractivity contribution in [3.63, 3.8) is 0 Å². The van der Waals surface area contributed by atoms with E-state index in [4.69, 9.17) is 0 Å². The summed E-state index contributed by atoms with van der Waals surface area (Å²) in [5.41, 5.74) is 3.15. The molecule has 0 aromatic heterocycles. The third-order valence-electron chi connectivity index (χ3n) is 6.24. The molecule has 1 aliphatic rings. The molecule has 0 radical (unpaired) electrons. The normalized spacial score (nSPS) is 13.3. The number of phenols is 1. The lowest BCUT2D eigenvalue weighted by molar-refractivity contribution is 0.0976. The van der Waals surface area contributed by atoms with Crippen LogP contribution < -0.4 is 5.32 Å². The van der Waals surface area contributed by atoms with E-state index in [-0.39, 0.29) is 45.5 Å². The number of benzene rings is 3. The van der Waals surface area contributed by atoms with E-state index in [9.17, 15) is 19.5 Å². The number of carbonyl (C=O) groups is 3. The molecule has 4 rings (SSSR count). The minimum Gasteiger partial charge on any atom is -0.507 e. The van der Waals surface area contributed by atoms with Gasteiger partial charge in [-0.3, -0.25) is 14.4 Å². The van der Waals surface area contributed by atoms with Crippen molar-refractivity contribution in [2.45, 2.75) is 39.5 Å². The Morgan fingerprint density at radius 2 is 1.56 bits per heavy atom. The highest BCUT2D eigenvalue weighted by molar-refractivity contribution is 6.31. The summed E-state index contributed by atoms with van der Waals surface area (Å²) in [5, 5.41) is 13.3. The average Bonchev–Trinajstić information content (AvgIpc) is 2.82. The zero-order chi connectivity index (χ0) is 23.0. The van der Waals surface area contributed by atoms with Gasteiger partial charge < -0.3 is 10.4 Å². The number of nitrogens with one attached hydrogen (secondary N) is 1. The first kappa shape index (κ1) is 21.5. The molecule has 3 aromatic rings. The molecule has 0 bridgehead atoms. The molecule has 0 spiro atoms. The fraction of sp³-hybridized carbons (Fsp3) is 0.222. The monoisotopic (exact) mass is 427 g/mol. The summed E-state index contributed by atoms with van der Waals surface area (Å²) in [6.45, 7) is 6.14. The molecule has 1 unspecified atom stereocenters. The highest BCUT2D eigenvalue weighted by Gasteiger charge is 2.34. The van der Waals surface area contributed by atoms with Gasteiger partial charge in [0.2, 0.25) is 0 Å². The molecule has 0 fully saturated rings. The molecule has 5 nitrogen and oxygen atoms in total. The van der Waals surface area contributed by atoms with Gasteiger partial charge in [0, 0.05) is 16.7 Å². The second-order valence-corrected chi connectivity index (χ2v) is 8.08. The number of amides is 1. The summed E-state index contributed by atoms with van der Waals surface area (Å²) >= 11 is 0. The van der Waals surface area contributed by atoms with Crippen LogP contribution in [0, 0.1) is 0 Å². The number of anilines is 1. The highest BCUT2D eigenvalue weighted by atomic mass is 16.3. The van der Waals surface area contributed by atoms with Gasteiger partial charge in [-0.25, -0.2) is 0 Å². The first-order valence-corrected chi connectivity index (χ1v) is 10.9. The Morgan fingerprint density at radius 1 is 0.906 bits per heavy atom. The van der Waals surface area contributed by atoms with Crippen LogP contribution in [0.4, 0.5) is 5.69 Å². The number of hydrogen-bond donors (Lipinski definition) is 2. The molecule has 0 saturated carbocycles. The summed E-state index contributed by atoms with van der Waals surface area (Å²) in [6, 6.07) is 15.2. The summed E-state index contributed by atoms with van der Waals surface area (Å²) < 4.78 is 0. The Balaban J connectivity index is 1.83. The molecular weight excluding hydrogens is 402 g/mol. The number of fused-ring (bicyclic) bond motifs is 2. The lowest BCUT2D eigenvalue weighted by Gasteiger charge is -2.22. The second kappa shape index (κ2) is 8.42. The standard InChI is InChI=1S/C27H25NO4/c1-4-15(3)17-12-8-9-16(5-2)22(17)27(32)28-20-13-14-21(29)24-23(20)25(30)18-10-6-7-11-19(18)26(24)31/h6-15,29H,4-5H2,1-3H3,(H,28,32). The second-order valence-electron chi connectivity index (χ2n) is 8.08. The maximum absolute atomic E-state index is 13.5. The molecular formula is C27H25NO4. The first-order chi connectivity index (χ1) is 15.4. The van der Waals surface area contributed by atoms with E-state index < -0.39 is 11.6 Å². The SMILES string of the molecule is CCc1cccc(C(C)CC)c1C(=O)Nc1ccc(O)c2c1C(=O)c1ccccc1C2=O. The highest BCUT2D eigenvalue weighted by Crippen LogP contribution is 2.37. The Morgan fingerprint density at radius 3 is 2.19 bits per heavy atom. The van der Waals surface area contributed by atoms with E-state index in [1.54, 1.807) is 24.3 Å². The zero-order valence-electron chi connectivity index (χ0n) is 18.4. The predicted molar refractivity (Wildman–Crippen MR) is 124 cm³/mol. The van der Waals surface area contributed by atoms with Crippen molar-refractivity contribution in [2.24, 2.45) is 0 Å². The molecule has 0 saturated heterocycles. The van der Waals surface area contributed by atoms with Crippen LogP contribution in [0.2, 0.25) is 0 Å². The van der Waals surface area contributed by atoms with Gasteiger partial charge in [0.1, 0.15) is 5.75 Å². The Kier molecular flexibility index (Phi) is 5.66. The minimum atomic E-state index is -0.432. The number of hydrogen-bond acceptors (Lipinski definition) is 4. The number of aromatic hydroxyl groups is 1. The number of phenolic OH excluding ortho intramolecular Hbond substituents is 1. The summed E-state index contributed by atoms with van der Waals surface area (Å²) in [4.78, 5) is 39.8. The molecule has 1 amide bonds. The van der Waals surface area contributed by atoms with E-state index in [2.05, 4.69) is 19.2 Å². The predicted octanol–water partition coefficient (Wildman–Crippen LogP) is 5.50. The molecule has 32 heavy (non-hydrogen) atoms. The van der Waals surface area contributed by atoms with Crippen molar-refractivity contribution in [1.29, 1.82) is 0 Å². The van der Waals surface area contributed by atoms with Gasteiger partial charge in [0.25, 0.3) is 5.91 Å². The summed E-state index contributed by atoms with van der Waals surface area (Å²) in [6.07, 6.45) is 1.57. The van der Waals surface area contributed by atoms with Crippen LogP contribution in [-0.2, 0) is 6.42 Å². The third-order valence-corrected chi connectivity index (χ3v) is 6.24. The van der Waals surface area contributed by atoms with Gasteiger partial charge in [-0.05, 0) is 42.0 Å². The van der Waals surface area contributed by atoms with Crippen LogP contribution in [0.15, 0.2) is 54.6 Å². The lowest BCUT2D eigenvalue weighted by atomic mass is 9.82. The van der Waals surface area contributed by atoms with E-state index in [0.717, 1.165) is 17.5 Å². The summed E-state index contributed by atoms with van der Waals surface area (Å²) in [7, 11) is 0. The van der Waals surface area contributed by atoms with Crippen molar-refractivity contribution >= 4 is 23.2 Å². The maximum atomic E-state index is 13.5. The Bertz CT molecular complexity index is 1260. The molecule has 162 valence electrons. The largest absolute Gasteiger partial charge is 0.507 e. The fourth-order valence-corrected chi connectivity index (χ4v) is 4.32. The van der Waals surface area contributed by atoms with Gasteiger partial charge in [0.05, 0.1) is 16.8 Å². The van der Waals surface area contributed by atoms with Gasteiger partial charge in [0.15, 0.2) is 11.6 Å². The van der Waals surface area contributed by atoms with Crippen LogP contribution in [0.3, 0.4) is 0 Å². The van der Waals surface area contributed by atoms with Crippen molar-refractivity contribution in [3.05, 3.63) is 93.5 Å². The van der Waals surface area contributed by atoms with Crippen LogP contribution in [0.5, 0.6) is 5.75 Å². The van der Waals surface area contributed by atoms with Crippen LogP contribution >= 0.6 is 0 Å². The number of ketones is 2. The number of rotatable bonds is 5. The van der Waals surface area contributed by atoms with E-state index in [0.29, 0.717) is 12.0 Å². The number of aryl methyl sites for hydroxylation is 1. The van der Waals surface area contributed by atoms with Crippen molar-refractivity contribution < 1.29 is 19.5 Å². The Hall–Kier alpha value is -3.73. The average molecular weight is 428 g/mol. The van der Waals surface area contributed by atoms with Gasteiger partial charge in [-0.2, -0.15) is 0 Å². The number of carbonyl (C=O) groups excluding carboxylic acids is 3. The van der Waals surface area contributed by atoms with Crippen molar-refractivity contribution in [2.75, 3.05) is 5.32 Å². The van der Waals surface area contributed by atoms with Gasteiger partial charge in [-0.15, -0.1) is 0 Å². The fourth-order valence-electron chi connectivity index (χ4n) is 4.32. The third kappa shape index (κ3) is 3.40. The molecule has 1 atom stereocenters. The van der Waals surface area contributed by atoms with Crippen LogP contribution in [0.1, 0.15) is 86.4 Å². The molecule has 2 N–H and O–H groups in total. The molecule has 1 aliphatic carbocycles. The molecule has 0 aliphatic heterocycles. The van der Waals surface area contributed by atoms with E-state index in [1.807, 2.05) is 25.1 Å². The zero-order valence-corrected chi connectivity index (χ0v) is 18.4. The molecule has 5 heteroatoms. The Labute approximate surface area is 187 Å². The molecule has 0 heterocycles. The quantitative estimate of drug-likeness (QED) is 0.412. The van der Waals surface area contributed by atoms with Gasteiger partial charge in [-0.1, -0.05) is 63.2 Å². The maximum Gasteiger partial charge on any atom is 0.256 e.